The van der Waals surface area contributed by atoms with E-state index in [2.05, 4.69) is 13.0 Å². The molecule has 0 bridgehead atoms. The van der Waals surface area contributed by atoms with Gasteiger partial charge < -0.3 is 9.47 Å². The SMILES string of the molecule is CCC1CCC(OC)=CCC1OC. The topological polar surface area (TPSA) is 18.5 Å². The number of ether oxygens (including phenoxy) is 2. The van der Waals surface area contributed by atoms with Crippen LogP contribution in [-0.2, 0) is 9.47 Å². The van der Waals surface area contributed by atoms with Crippen molar-refractivity contribution in [2.45, 2.75) is 38.7 Å². The fourth-order valence-electron chi connectivity index (χ4n) is 2.00. The molecule has 0 saturated carbocycles. The Hall–Kier alpha value is -0.500. The zero-order valence-electron chi connectivity index (χ0n) is 8.88. The van der Waals surface area contributed by atoms with Crippen LogP contribution in [0.1, 0.15) is 32.6 Å². The molecule has 2 nitrogen and oxygen atoms in total. The first kappa shape index (κ1) is 10.6. The summed E-state index contributed by atoms with van der Waals surface area (Å²) in [6.45, 7) is 2.23. The Labute approximate surface area is 80.9 Å². The largest absolute Gasteiger partial charge is 0.501 e. The lowest BCUT2D eigenvalue weighted by Gasteiger charge is -2.21. The average Bonchev–Trinajstić information content (AvgIpc) is 2.38. The molecular weight excluding hydrogens is 164 g/mol. The standard InChI is InChI=1S/C11H20O2/c1-4-9-5-6-10(12-2)7-8-11(9)13-3/h7,9,11H,4-6,8H2,1-3H3. The fourth-order valence-corrected chi connectivity index (χ4v) is 2.00. The Balaban J connectivity index is 2.57. The molecule has 13 heavy (non-hydrogen) atoms. The lowest BCUT2D eigenvalue weighted by Crippen LogP contribution is -2.20. The summed E-state index contributed by atoms with van der Waals surface area (Å²) in [5.74, 6) is 1.81. The van der Waals surface area contributed by atoms with Crippen molar-refractivity contribution in [3.8, 4) is 0 Å². The summed E-state index contributed by atoms with van der Waals surface area (Å²) in [6.07, 6.45) is 7.01. The van der Waals surface area contributed by atoms with Gasteiger partial charge >= 0.3 is 0 Å². The number of hydrogen-bond donors (Lipinski definition) is 0. The molecule has 2 heteroatoms. The molecule has 0 aliphatic heterocycles. The summed E-state index contributed by atoms with van der Waals surface area (Å²) >= 11 is 0. The van der Waals surface area contributed by atoms with Gasteiger partial charge in [-0.15, -0.1) is 0 Å². The van der Waals surface area contributed by atoms with E-state index in [1.807, 2.05) is 0 Å². The molecule has 1 rings (SSSR count). The quantitative estimate of drug-likeness (QED) is 0.671. The van der Waals surface area contributed by atoms with E-state index in [-0.39, 0.29) is 0 Å². The molecule has 0 saturated heterocycles. The number of methoxy groups -OCH3 is 2. The lowest BCUT2D eigenvalue weighted by molar-refractivity contribution is 0.0513. The Bertz CT molecular complexity index is 175. The van der Waals surface area contributed by atoms with Gasteiger partial charge in [0.05, 0.1) is 19.0 Å². The summed E-state index contributed by atoms with van der Waals surface area (Å²) < 4.78 is 10.7. The van der Waals surface area contributed by atoms with Gasteiger partial charge in [-0.05, 0) is 24.8 Å². The molecule has 0 spiro atoms. The van der Waals surface area contributed by atoms with Crippen molar-refractivity contribution in [2.75, 3.05) is 14.2 Å². The van der Waals surface area contributed by atoms with Crippen LogP contribution in [0.25, 0.3) is 0 Å². The summed E-state index contributed by atoms with van der Waals surface area (Å²) in [5.41, 5.74) is 0. The summed E-state index contributed by atoms with van der Waals surface area (Å²) in [7, 11) is 3.55. The molecule has 0 aromatic carbocycles. The van der Waals surface area contributed by atoms with E-state index in [4.69, 9.17) is 9.47 Å². The second-order valence-electron chi connectivity index (χ2n) is 3.59. The van der Waals surface area contributed by atoms with Crippen molar-refractivity contribution < 1.29 is 9.47 Å². The van der Waals surface area contributed by atoms with Crippen LogP contribution in [-0.4, -0.2) is 20.3 Å². The summed E-state index contributed by atoms with van der Waals surface area (Å²) in [5, 5.41) is 0. The molecule has 2 atom stereocenters. The van der Waals surface area contributed by atoms with Crippen LogP contribution < -0.4 is 0 Å². The zero-order chi connectivity index (χ0) is 9.68. The van der Waals surface area contributed by atoms with Crippen LogP contribution in [0.5, 0.6) is 0 Å². The molecule has 0 amide bonds. The molecule has 0 N–H and O–H groups in total. The monoisotopic (exact) mass is 184 g/mol. The maximum absolute atomic E-state index is 5.47. The molecule has 76 valence electrons. The molecule has 0 fully saturated rings. The van der Waals surface area contributed by atoms with Crippen molar-refractivity contribution in [1.29, 1.82) is 0 Å². The van der Waals surface area contributed by atoms with E-state index in [9.17, 15) is 0 Å². The number of allylic oxidation sites excluding steroid dienone is 1. The van der Waals surface area contributed by atoms with E-state index < -0.39 is 0 Å². The van der Waals surface area contributed by atoms with Crippen molar-refractivity contribution in [2.24, 2.45) is 5.92 Å². The van der Waals surface area contributed by atoms with Gasteiger partial charge in [0.25, 0.3) is 0 Å². The maximum atomic E-state index is 5.47. The van der Waals surface area contributed by atoms with Gasteiger partial charge in [-0.3, -0.25) is 0 Å². The highest BCUT2D eigenvalue weighted by atomic mass is 16.5. The van der Waals surface area contributed by atoms with Crippen molar-refractivity contribution >= 4 is 0 Å². The maximum Gasteiger partial charge on any atom is 0.0916 e. The van der Waals surface area contributed by atoms with Crippen LogP contribution in [0.2, 0.25) is 0 Å². The predicted octanol–water partition coefficient (Wildman–Crippen LogP) is 2.74. The van der Waals surface area contributed by atoms with E-state index in [0.29, 0.717) is 12.0 Å². The Kier molecular flexibility index (Phi) is 4.29. The first-order valence-electron chi connectivity index (χ1n) is 5.07. The minimum absolute atomic E-state index is 0.387. The average molecular weight is 184 g/mol. The first-order chi connectivity index (χ1) is 6.31. The molecule has 0 radical (unpaired) electrons. The second-order valence-corrected chi connectivity index (χ2v) is 3.59. The van der Waals surface area contributed by atoms with Crippen LogP contribution >= 0.6 is 0 Å². The van der Waals surface area contributed by atoms with Gasteiger partial charge in [0, 0.05) is 13.5 Å². The van der Waals surface area contributed by atoms with Crippen molar-refractivity contribution in [3.05, 3.63) is 11.8 Å². The zero-order valence-corrected chi connectivity index (χ0v) is 8.88. The van der Waals surface area contributed by atoms with Gasteiger partial charge in [-0.2, -0.15) is 0 Å². The molecule has 2 unspecified atom stereocenters. The van der Waals surface area contributed by atoms with E-state index >= 15 is 0 Å². The minimum Gasteiger partial charge on any atom is -0.501 e. The van der Waals surface area contributed by atoms with E-state index in [1.165, 1.54) is 12.8 Å². The third kappa shape index (κ3) is 2.73. The number of hydrogen-bond acceptors (Lipinski definition) is 2. The Morgan fingerprint density at radius 2 is 2.23 bits per heavy atom. The molecule has 0 aromatic heterocycles. The highest BCUT2D eigenvalue weighted by Gasteiger charge is 2.22. The van der Waals surface area contributed by atoms with Crippen LogP contribution in [0, 0.1) is 5.92 Å². The second kappa shape index (κ2) is 5.28. The van der Waals surface area contributed by atoms with Gasteiger partial charge in [0.2, 0.25) is 0 Å². The van der Waals surface area contributed by atoms with E-state index in [1.54, 1.807) is 14.2 Å². The third-order valence-electron chi connectivity index (χ3n) is 2.95. The smallest absolute Gasteiger partial charge is 0.0916 e. The highest BCUT2D eigenvalue weighted by Crippen LogP contribution is 2.27. The van der Waals surface area contributed by atoms with Gasteiger partial charge in [0.15, 0.2) is 0 Å². The van der Waals surface area contributed by atoms with Gasteiger partial charge in [0.1, 0.15) is 0 Å². The van der Waals surface area contributed by atoms with Gasteiger partial charge in [-0.1, -0.05) is 13.3 Å². The van der Waals surface area contributed by atoms with Crippen LogP contribution in [0.3, 0.4) is 0 Å². The molecule has 0 aromatic rings. The minimum atomic E-state index is 0.387. The number of rotatable bonds is 3. The van der Waals surface area contributed by atoms with Crippen LogP contribution in [0.15, 0.2) is 11.8 Å². The van der Waals surface area contributed by atoms with Gasteiger partial charge in [-0.25, -0.2) is 0 Å². The van der Waals surface area contributed by atoms with Crippen LogP contribution in [0.4, 0.5) is 0 Å². The molecule has 1 aliphatic rings. The summed E-state index contributed by atoms with van der Waals surface area (Å²) in [6, 6.07) is 0. The first-order valence-corrected chi connectivity index (χ1v) is 5.07. The Morgan fingerprint density at radius 1 is 1.46 bits per heavy atom. The van der Waals surface area contributed by atoms with Crippen molar-refractivity contribution in [1.82, 2.24) is 0 Å². The summed E-state index contributed by atoms with van der Waals surface area (Å²) in [4.78, 5) is 0. The molecule has 1 aliphatic carbocycles. The highest BCUT2D eigenvalue weighted by molar-refractivity contribution is 4.99. The predicted molar refractivity (Wildman–Crippen MR) is 53.5 cm³/mol. The third-order valence-corrected chi connectivity index (χ3v) is 2.95. The molecular formula is C11H20O2. The molecule has 0 heterocycles. The Morgan fingerprint density at radius 3 is 2.77 bits per heavy atom. The van der Waals surface area contributed by atoms with E-state index in [0.717, 1.165) is 18.6 Å². The fraction of sp³-hybridized carbons (Fsp3) is 0.818. The van der Waals surface area contributed by atoms with Crippen molar-refractivity contribution in [3.63, 3.8) is 0 Å². The normalized spacial score (nSPS) is 29.3. The lowest BCUT2D eigenvalue weighted by atomic mass is 9.94.